The fourth-order valence-corrected chi connectivity index (χ4v) is 4.37. The molecule has 8 nitrogen and oxygen atoms in total. The number of carbonyl (C=O) groups excluding carboxylic acids is 2. The molecule has 2 amide bonds. The first-order chi connectivity index (χ1) is 13.7. The number of pyridine rings is 1. The fourth-order valence-electron chi connectivity index (χ4n) is 4.37. The normalized spacial score (nSPS) is 22.2. The Hall–Kier alpha value is -2.77. The van der Waals surface area contributed by atoms with Crippen molar-refractivity contribution in [2.24, 2.45) is 5.92 Å². The average Bonchev–Trinajstić information content (AvgIpc) is 3.25. The van der Waals surface area contributed by atoms with Crippen LogP contribution in [0.1, 0.15) is 31.4 Å². The minimum Gasteiger partial charge on any atom is -0.342 e. The Morgan fingerprint density at radius 1 is 1.14 bits per heavy atom. The number of carbonyl (C=O) groups is 2. The van der Waals surface area contributed by atoms with E-state index in [1.165, 1.54) is 0 Å². The summed E-state index contributed by atoms with van der Waals surface area (Å²) in [6.45, 7) is 2.78. The van der Waals surface area contributed by atoms with Crippen LogP contribution in [0, 0.1) is 5.92 Å². The lowest BCUT2D eigenvalue weighted by Gasteiger charge is -2.47. The van der Waals surface area contributed by atoms with E-state index in [-0.39, 0.29) is 17.9 Å². The van der Waals surface area contributed by atoms with Crippen molar-refractivity contribution in [2.75, 3.05) is 19.6 Å². The number of hydrogen-bond donors (Lipinski definition) is 0. The topological polar surface area (TPSA) is 84.2 Å². The van der Waals surface area contributed by atoms with Gasteiger partial charge in [0.25, 0.3) is 0 Å². The summed E-state index contributed by atoms with van der Waals surface area (Å²) in [5.74, 6) is 0.780. The van der Waals surface area contributed by atoms with Crippen LogP contribution in [-0.4, -0.2) is 67.0 Å². The molecule has 2 aromatic heterocycles. The fraction of sp³-hybridized carbons (Fsp3) is 0.550. The number of hydrogen-bond acceptors (Lipinski definition) is 5. The SMILES string of the molecule is O=C(CCn1cnnc1)N1CC[C@@H]2[C@@H](CCC(=O)N2CCc2ccccn2)C1. The highest BCUT2D eigenvalue weighted by Crippen LogP contribution is 2.31. The molecule has 0 aromatic carbocycles. The highest BCUT2D eigenvalue weighted by Gasteiger charge is 2.39. The lowest BCUT2D eigenvalue weighted by atomic mass is 9.83. The summed E-state index contributed by atoms with van der Waals surface area (Å²) in [5, 5.41) is 7.53. The number of piperidine rings is 2. The Morgan fingerprint density at radius 2 is 2.00 bits per heavy atom. The number of aryl methyl sites for hydroxylation is 1. The second kappa shape index (κ2) is 8.50. The zero-order valence-electron chi connectivity index (χ0n) is 16.0. The molecule has 148 valence electrons. The minimum absolute atomic E-state index is 0.170. The van der Waals surface area contributed by atoms with Crippen LogP contribution in [0.4, 0.5) is 0 Å². The maximum Gasteiger partial charge on any atom is 0.224 e. The van der Waals surface area contributed by atoms with Crippen LogP contribution in [-0.2, 0) is 22.6 Å². The molecule has 2 fully saturated rings. The molecule has 0 aliphatic carbocycles. The quantitative estimate of drug-likeness (QED) is 0.748. The third-order valence-corrected chi connectivity index (χ3v) is 5.88. The van der Waals surface area contributed by atoms with E-state index in [0.717, 1.165) is 38.0 Å². The zero-order valence-corrected chi connectivity index (χ0v) is 16.0. The molecular weight excluding hydrogens is 356 g/mol. The number of rotatable bonds is 6. The molecule has 0 saturated carbocycles. The predicted octanol–water partition coefficient (Wildman–Crippen LogP) is 1.15. The van der Waals surface area contributed by atoms with E-state index in [1.54, 1.807) is 18.9 Å². The molecule has 8 heteroatoms. The third kappa shape index (κ3) is 4.21. The monoisotopic (exact) mass is 382 g/mol. The van der Waals surface area contributed by atoms with Gasteiger partial charge in [-0.3, -0.25) is 14.6 Å². The van der Waals surface area contributed by atoms with Gasteiger partial charge in [0, 0.05) is 63.4 Å². The first-order valence-corrected chi connectivity index (χ1v) is 10.0. The van der Waals surface area contributed by atoms with Crippen molar-refractivity contribution in [3.63, 3.8) is 0 Å². The molecule has 2 aliphatic heterocycles. The van der Waals surface area contributed by atoms with Crippen molar-refractivity contribution in [2.45, 2.75) is 44.7 Å². The van der Waals surface area contributed by atoms with Crippen LogP contribution in [0.3, 0.4) is 0 Å². The summed E-state index contributed by atoms with van der Waals surface area (Å²) in [6.07, 6.45) is 8.59. The van der Waals surface area contributed by atoms with Gasteiger partial charge in [-0.25, -0.2) is 0 Å². The number of nitrogens with zero attached hydrogens (tertiary/aromatic N) is 6. The highest BCUT2D eigenvalue weighted by molar-refractivity contribution is 5.78. The lowest BCUT2D eigenvalue weighted by molar-refractivity contribution is -0.144. The van der Waals surface area contributed by atoms with Crippen LogP contribution in [0.5, 0.6) is 0 Å². The van der Waals surface area contributed by atoms with Gasteiger partial charge in [-0.15, -0.1) is 10.2 Å². The van der Waals surface area contributed by atoms with Crippen LogP contribution < -0.4 is 0 Å². The molecule has 4 rings (SSSR count). The molecule has 2 atom stereocenters. The third-order valence-electron chi connectivity index (χ3n) is 5.88. The molecule has 0 unspecified atom stereocenters. The molecular formula is C20H26N6O2. The Bertz CT molecular complexity index is 794. The second-order valence-corrected chi connectivity index (χ2v) is 7.60. The van der Waals surface area contributed by atoms with Gasteiger partial charge in [0.1, 0.15) is 12.7 Å². The van der Waals surface area contributed by atoms with Crippen molar-refractivity contribution in [1.82, 2.24) is 29.5 Å². The molecule has 4 heterocycles. The van der Waals surface area contributed by atoms with E-state index in [2.05, 4.69) is 15.2 Å². The molecule has 0 spiro atoms. The van der Waals surface area contributed by atoms with Crippen molar-refractivity contribution in [3.05, 3.63) is 42.7 Å². The summed E-state index contributed by atoms with van der Waals surface area (Å²) in [5.41, 5.74) is 1.01. The number of aromatic nitrogens is 4. The van der Waals surface area contributed by atoms with Crippen LogP contribution in [0.25, 0.3) is 0 Å². The number of fused-ring (bicyclic) bond motifs is 1. The van der Waals surface area contributed by atoms with Crippen molar-refractivity contribution in [1.29, 1.82) is 0 Å². The summed E-state index contributed by atoms with van der Waals surface area (Å²) in [4.78, 5) is 33.5. The van der Waals surface area contributed by atoms with Gasteiger partial charge in [-0.05, 0) is 30.9 Å². The lowest BCUT2D eigenvalue weighted by Crippen LogP contribution is -2.57. The zero-order chi connectivity index (χ0) is 19.3. The van der Waals surface area contributed by atoms with Gasteiger partial charge in [0.05, 0.1) is 0 Å². The van der Waals surface area contributed by atoms with Gasteiger partial charge < -0.3 is 14.4 Å². The molecule has 0 radical (unpaired) electrons. The van der Waals surface area contributed by atoms with E-state index in [0.29, 0.717) is 31.8 Å². The molecule has 0 N–H and O–H groups in total. The summed E-state index contributed by atoms with van der Waals surface area (Å²) < 4.78 is 1.82. The average molecular weight is 382 g/mol. The number of amides is 2. The molecule has 28 heavy (non-hydrogen) atoms. The standard InChI is InChI=1S/C20H26N6O2/c27-19(8-10-24-14-22-23-15-24)25-11-7-18-16(13-25)4-5-20(28)26(18)12-6-17-3-1-2-9-21-17/h1-3,9,14-16,18H,4-8,10-13H2/t16-,18+/m0/s1. The van der Waals surface area contributed by atoms with E-state index in [9.17, 15) is 9.59 Å². The van der Waals surface area contributed by atoms with Crippen LogP contribution in [0.2, 0.25) is 0 Å². The van der Waals surface area contributed by atoms with Crippen LogP contribution in [0.15, 0.2) is 37.1 Å². The highest BCUT2D eigenvalue weighted by atomic mass is 16.2. The number of likely N-dealkylation sites (tertiary alicyclic amines) is 2. The molecule has 2 aliphatic rings. The Balaban J connectivity index is 1.32. The second-order valence-electron chi connectivity index (χ2n) is 7.60. The summed E-state index contributed by atoms with van der Waals surface area (Å²) in [7, 11) is 0. The molecule has 2 aromatic rings. The Labute approximate surface area is 164 Å². The largest absolute Gasteiger partial charge is 0.342 e. The maximum atomic E-state index is 12.6. The maximum absolute atomic E-state index is 12.6. The van der Waals surface area contributed by atoms with Crippen molar-refractivity contribution >= 4 is 11.8 Å². The van der Waals surface area contributed by atoms with Crippen molar-refractivity contribution in [3.8, 4) is 0 Å². The Kier molecular flexibility index (Phi) is 5.64. The molecule has 2 saturated heterocycles. The van der Waals surface area contributed by atoms with E-state index in [1.807, 2.05) is 32.6 Å². The van der Waals surface area contributed by atoms with E-state index in [4.69, 9.17) is 0 Å². The smallest absolute Gasteiger partial charge is 0.224 e. The predicted molar refractivity (Wildman–Crippen MR) is 102 cm³/mol. The van der Waals surface area contributed by atoms with Gasteiger partial charge >= 0.3 is 0 Å². The summed E-state index contributed by atoms with van der Waals surface area (Å²) >= 11 is 0. The summed E-state index contributed by atoms with van der Waals surface area (Å²) in [6, 6.07) is 6.13. The van der Waals surface area contributed by atoms with Crippen molar-refractivity contribution < 1.29 is 9.59 Å². The van der Waals surface area contributed by atoms with Crippen LogP contribution >= 0.6 is 0 Å². The van der Waals surface area contributed by atoms with E-state index < -0.39 is 0 Å². The van der Waals surface area contributed by atoms with Gasteiger partial charge in [0.2, 0.25) is 11.8 Å². The Morgan fingerprint density at radius 3 is 2.79 bits per heavy atom. The minimum atomic E-state index is 0.170. The van der Waals surface area contributed by atoms with E-state index >= 15 is 0 Å². The first kappa shape index (κ1) is 18.6. The van der Waals surface area contributed by atoms with Gasteiger partial charge in [0.15, 0.2) is 0 Å². The van der Waals surface area contributed by atoms with Gasteiger partial charge in [-0.1, -0.05) is 6.07 Å². The first-order valence-electron chi connectivity index (χ1n) is 10.0. The molecule has 0 bridgehead atoms. The van der Waals surface area contributed by atoms with Gasteiger partial charge in [-0.2, -0.15) is 0 Å².